The minimum atomic E-state index is -4.87. The highest BCUT2D eigenvalue weighted by molar-refractivity contribution is 7.85. The van der Waals surface area contributed by atoms with Crippen LogP contribution in [0.25, 0.3) is 0 Å². The monoisotopic (exact) mass is 287 g/mol. The summed E-state index contributed by atoms with van der Waals surface area (Å²) in [6.45, 7) is 0. The number of carboxylic acids is 2. The van der Waals surface area contributed by atoms with E-state index in [1.165, 1.54) is 0 Å². The molecule has 0 aliphatic heterocycles. The van der Waals surface area contributed by atoms with Gasteiger partial charge in [0.25, 0.3) is 16.2 Å². The van der Waals surface area contributed by atoms with Gasteiger partial charge in [-0.05, 0) is 0 Å². The van der Waals surface area contributed by atoms with Crippen LogP contribution in [0.4, 0.5) is 0 Å². The smallest absolute Gasteiger partial charge is 0.356 e. The lowest BCUT2D eigenvalue weighted by atomic mass is 10.3. The van der Waals surface area contributed by atoms with Crippen molar-refractivity contribution in [3.05, 3.63) is 0 Å². The molecular formula is C6H9NO10S. The van der Waals surface area contributed by atoms with Gasteiger partial charge in [0.2, 0.25) is 5.72 Å². The molecule has 0 bridgehead atoms. The lowest BCUT2D eigenvalue weighted by Gasteiger charge is -2.20. The number of carbonyl (C=O) groups excluding carboxylic acids is 1. The molecule has 0 aromatic carbocycles. The predicted molar refractivity (Wildman–Crippen MR) is 50.7 cm³/mol. The predicted octanol–water partition coefficient (Wildman–Crippen LogP) is -3.40. The Hall–Kier alpha value is -1.76. The zero-order valence-electron chi connectivity index (χ0n) is 8.51. The van der Waals surface area contributed by atoms with E-state index in [1.54, 1.807) is 0 Å². The van der Waals surface area contributed by atoms with Gasteiger partial charge in [0.05, 0.1) is 0 Å². The van der Waals surface area contributed by atoms with Crippen molar-refractivity contribution in [2.75, 3.05) is 5.75 Å². The average Bonchev–Trinajstić information content (AvgIpc) is 2.08. The normalized spacial score (nSPS) is 14.9. The average molecular weight is 287 g/mol. The Kier molecular flexibility index (Phi) is 4.75. The molecule has 104 valence electrons. The van der Waals surface area contributed by atoms with Crippen LogP contribution in [0.15, 0.2) is 0 Å². The number of carbonyl (C=O) groups is 3. The third kappa shape index (κ3) is 5.05. The molecule has 0 aromatic heterocycles. The van der Waals surface area contributed by atoms with Gasteiger partial charge in [0.15, 0.2) is 0 Å². The lowest BCUT2D eigenvalue weighted by molar-refractivity contribution is -0.184. The zero-order chi connectivity index (χ0) is 14.7. The van der Waals surface area contributed by atoms with Crippen molar-refractivity contribution in [1.29, 1.82) is 0 Å². The van der Waals surface area contributed by atoms with Gasteiger partial charge in [-0.1, -0.05) is 0 Å². The van der Waals surface area contributed by atoms with Crippen molar-refractivity contribution in [2.45, 2.75) is 11.8 Å². The molecule has 0 heterocycles. The van der Waals surface area contributed by atoms with E-state index in [0.29, 0.717) is 0 Å². The van der Waals surface area contributed by atoms with E-state index in [4.69, 9.17) is 25.6 Å². The first-order valence-electron chi connectivity index (χ1n) is 4.00. The van der Waals surface area contributed by atoms with Gasteiger partial charge < -0.3 is 20.1 Å². The molecule has 12 heteroatoms. The molecule has 0 spiro atoms. The standard InChI is InChI=1S/C6H9NO10S/c7-6(13,1-18(14,15)16)5(12)17-2(3(8)9)4(10)11/h2,13H,1,7H2,(H,8,9)(H,10,11)(H,14,15,16). The van der Waals surface area contributed by atoms with Crippen LogP contribution in [0, 0.1) is 0 Å². The van der Waals surface area contributed by atoms with Crippen molar-refractivity contribution in [3.63, 3.8) is 0 Å². The number of aliphatic carboxylic acids is 2. The van der Waals surface area contributed by atoms with Crippen LogP contribution in [0.1, 0.15) is 0 Å². The summed E-state index contributed by atoms with van der Waals surface area (Å²) in [7, 11) is -4.87. The molecule has 1 unspecified atom stereocenters. The molecule has 0 aliphatic rings. The summed E-state index contributed by atoms with van der Waals surface area (Å²) in [6, 6.07) is 0. The second kappa shape index (κ2) is 5.26. The van der Waals surface area contributed by atoms with E-state index in [-0.39, 0.29) is 0 Å². The van der Waals surface area contributed by atoms with Gasteiger partial charge in [-0.15, -0.1) is 0 Å². The van der Waals surface area contributed by atoms with Crippen LogP contribution in [0.3, 0.4) is 0 Å². The molecule has 0 aromatic rings. The van der Waals surface area contributed by atoms with Gasteiger partial charge in [0.1, 0.15) is 5.75 Å². The maximum atomic E-state index is 11.1. The van der Waals surface area contributed by atoms with E-state index in [0.717, 1.165) is 0 Å². The Morgan fingerprint density at radius 3 is 1.89 bits per heavy atom. The quantitative estimate of drug-likeness (QED) is 0.141. The van der Waals surface area contributed by atoms with Crippen molar-refractivity contribution in [2.24, 2.45) is 5.73 Å². The summed E-state index contributed by atoms with van der Waals surface area (Å²) >= 11 is 0. The first-order valence-corrected chi connectivity index (χ1v) is 5.61. The third-order valence-corrected chi connectivity index (χ3v) is 2.23. The summed E-state index contributed by atoms with van der Waals surface area (Å²) < 4.78 is 32.9. The van der Waals surface area contributed by atoms with E-state index < -0.39 is 45.6 Å². The molecule has 0 rings (SSSR count). The third-order valence-electron chi connectivity index (χ3n) is 1.43. The summed E-state index contributed by atoms with van der Waals surface area (Å²) in [5.41, 5.74) is 1.47. The fraction of sp³-hybridized carbons (Fsp3) is 0.500. The first-order chi connectivity index (χ1) is 7.87. The minimum Gasteiger partial charge on any atom is -0.478 e. The summed E-state index contributed by atoms with van der Waals surface area (Å²) in [4.78, 5) is 31.7. The number of nitrogens with two attached hydrogens (primary N) is 1. The zero-order valence-corrected chi connectivity index (χ0v) is 9.32. The Morgan fingerprint density at radius 2 is 1.61 bits per heavy atom. The molecule has 0 saturated carbocycles. The van der Waals surface area contributed by atoms with Crippen molar-refractivity contribution < 1.29 is 47.4 Å². The summed E-state index contributed by atoms with van der Waals surface area (Å²) in [5, 5.41) is 25.8. The van der Waals surface area contributed by atoms with Crippen molar-refractivity contribution in [1.82, 2.24) is 0 Å². The largest absolute Gasteiger partial charge is 0.478 e. The molecule has 0 amide bonds. The van der Waals surface area contributed by atoms with Gasteiger partial charge in [0, 0.05) is 0 Å². The maximum Gasteiger partial charge on any atom is 0.356 e. The number of carboxylic acid groups (broad SMARTS) is 2. The van der Waals surface area contributed by atoms with Gasteiger partial charge in [-0.3, -0.25) is 10.3 Å². The van der Waals surface area contributed by atoms with Crippen molar-refractivity contribution in [3.8, 4) is 0 Å². The fourth-order valence-electron chi connectivity index (χ4n) is 0.753. The molecule has 11 nitrogen and oxygen atoms in total. The van der Waals surface area contributed by atoms with Crippen molar-refractivity contribution >= 4 is 28.0 Å². The molecule has 0 radical (unpaired) electrons. The molecule has 1 atom stereocenters. The Bertz CT molecular complexity index is 451. The number of hydrogen-bond acceptors (Lipinski definition) is 8. The fourth-order valence-corrected chi connectivity index (χ4v) is 1.43. The van der Waals surface area contributed by atoms with Crippen LogP contribution in [0.2, 0.25) is 0 Å². The maximum absolute atomic E-state index is 11.1. The molecule has 0 aliphatic carbocycles. The van der Waals surface area contributed by atoms with Crippen LogP contribution in [-0.2, 0) is 29.2 Å². The van der Waals surface area contributed by atoms with Crippen LogP contribution in [-0.4, -0.2) is 63.8 Å². The minimum absolute atomic E-state index is 1.69. The number of esters is 1. The number of rotatable bonds is 6. The van der Waals surface area contributed by atoms with Crippen LogP contribution >= 0.6 is 0 Å². The van der Waals surface area contributed by atoms with Crippen LogP contribution < -0.4 is 5.73 Å². The highest BCUT2D eigenvalue weighted by Crippen LogP contribution is 2.06. The molecular weight excluding hydrogens is 278 g/mol. The number of hydrogen-bond donors (Lipinski definition) is 5. The SMILES string of the molecule is NC(O)(CS(=O)(=O)O)C(=O)OC(C(=O)O)C(=O)O. The molecule has 0 fully saturated rings. The summed E-state index contributed by atoms with van der Waals surface area (Å²) in [6.07, 6.45) is -2.67. The molecule has 0 saturated heterocycles. The Labute approximate surface area is 99.5 Å². The first kappa shape index (κ1) is 16.2. The van der Waals surface area contributed by atoms with Crippen LogP contribution in [0.5, 0.6) is 0 Å². The van der Waals surface area contributed by atoms with E-state index >= 15 is 0 Å². The molecule has 18 heavy (non-hydrogen) atoms. The van der Waals surface area contributed by atoms with E-state index in [9.17, 15) is 22.8 Å². The van der Waals surface area contributed by atoms with Gasteiger partial charge in [-0.2, -0.15) is 8.42 Å². The van der Waals surface area contributed by atoms with E-state index in [1.807, 2.05) is 0 Å². The number of aliphatic hydroxyl groups is 1. The number of ether oxygens (including phenoxy) is 1. The topological polar surface area (TPSA) is 202 Å². The highest BCUT2D eigenvalue weighted by atomic mass is 32.2. The Balaban J connectivity index is 4.95. The van der Waals surface area contributed by atoms with E-state index in [2.05, 4.69) is 4.74 Å². The lowest BCUT2D eigenvalue weighted by Crippen LogP contribution is -2.56. The van der Waals surface area contributed by atoms with Gasteiger partial charge in [-0.25, -0.2) is 14.4 Å². The van der Waals surface area contributed by atoms with Gasteiger partial charge >= 0.3 is 17.9 Å². The second-order valence-electron chi connectivity index (χ2n) is 3.11. The summed E-state index contributed by atoms with van der Waals surface area (Å²) in [5.74, 6) is -7.86. The highest BCUT2D eigenvalue weighted by Gasteiger charge is 2.42. The second-order valence-corrected chi connectivity index (χ2v) is 4.56. The Morgan fingerprint density at radius 1 is 1.22 bits per heavy atom. The molecule has 6 N–H and O–H groups in total.